The van der Waals surface area contributed by atoms with Gasteiger partial charge in [-0.05, 0) is 17.7 Å². The molecule has 0 atom stereocenters. The molecule has 8 heteroatoms. The molecule has 0 unspecified atom stereocenters. The maximum Gasteiger partial charge on any atom is 0.276 e. The molecule has 0 aliphatic rings. The van der Waals surface area contributed by atoms with E-state index in [0.717, 1.165) is 5.56 Å². The summed E-state index contributed by atoms with van der Waals surface area (Å²) in [4.78, 5) is 0. The second kappa shape index (κ2) is 7.97. The Labute approximate surface area is 131 Å². The van der Waals surface area contributed by atoms with Crippen LogP contribution < -0.4 is 5.73 Å². The molecule has 0 bridgehead atoms. The van der Waals surface area contributed by atoms with Gasteiger partial charge in [0.1, 0.15) is 0 Å². The van der Waals surface area contributed by atoms with E-state index in [1.165, 1.54) is 11.8 Å². The molecule has 0 amide bonds. The Morgan fingerprint density at radius 3 is 2.68 bits per heavy atom. The predicted molar refractivity (Wildman–Crippen MR) is 80.3 cm³/mol. The fraction of sp³-hybridized carbons (Fsp3) is 0.273. The number of thioether (sulfide) groups is 1. The van der Waals surface area contributed by atoms with E-state index in [9.17, 15) is 0 Å². The van der Waals surface area contributed by atoms with Crippen molar-refractivity contribution in [2.75, 3.05) is 6.54 Å². The molecule has 0 saturated heterocycles. The highest BCUT2D eigenvalue weighted by molar-refractivity contribution is 7.98. The van der Waals surface area contributed by atoms with Gasteiger partial charge in [-0.3, -0.25) is 0 Å². The number of hydrogen-bond donors (Lipinski definition) is 1. The molecular weight excluding hydrogens is 329 g/mol. The molecular formula is C11H12Cl3N3OS. The van der Waals surface area contributed by atoms with Gasteiger partial charge in [-0.15, -0.1) is 22.6 Å². The molecule has 1 aromatic heterocycles. The summed E-state index contributed by atoms with van der Waals surface area (Å²) in [6, 6.07) is 5.51. The maximum atomic E-state index is 5.93. The summed E-state index contributed by atoms with van der Waals surface area (Å²) in [5, 5.41) is 9.43. The Kier molecular flexibility index (Phi) is 6.96. The second-order valence-corrected chi connectivity index (χ2v) is 5.28. The first-order valence-electron chi connectivity index (χ1n) is 5.28. The summed E-state index contributed by atoms with van der Waals surface area (Å²) in [7, 11) is 0. The van der Waals surface area contributed by atoms with Crippen LogP contribution in [0.1, 0.15) is 11.5 Å². The third-order valence-corrected chi connectivity index (χ3v) is 3.78. The molecule has 104 valence electrons. The molecule has 19 heavy (non-hydrogen) atoms. The number of benzene rings is 1. The number of nitrogens with two attached hydrogens (primary N) is 1. The first-order valence-corrected chi connectivity index (χ1v) is 7.02. The molecule has 0 fully saturated rings. The van der Waals surface area contributed by atoms with Crippen molar-refractivity contribution in [2.24, 2.45) is 5.73 Å². The van der Waals surface area contributed by atoms with Gasteiger partial charge in [0, 0.05) is 18.7 Å². The fourth-order valence-electron chi connectivity index (χ4n) is 1.30. The standard InChI is InChI=1S/C11H11Cl2N3OS.ClH/c12-8-2-1-7(5-9(8)13)6-18-11-16-15-10(17-11)3-4-14;/h1-2,5H,3-4,6,14H2;1H. The van der Waals surface area contributed by atoms with Crippen LogP contribution in [0, 0.1) is 0 Å². The minimum Gasteiger partial charge on any atom is -0.416 e. The van der Waals surface area contributed by atoms with Crippen LogP contribution in [0.5, 0.6) is 0 Å². The van der Waals surface area contributed by atoms with Gasteiger partial charge < -0.3 is 10.2 Å². The van der Waals surface area contributed by atoms with Crippen LogP contribution in [0.3, 0.4) is 0 Å². The van der Waals surface area contributed by atoms with E-state index in [1.54, 1.807) is 6.07 Å². The number of rotatable bonds is 5. The zero-order chi connectivity index (χ0) is 13.0. The Bertz CT molecular complexity index is 536. The zero-order valence-corrected chi connectivity index (χ0v) is 13.0. The van der Waals surface area contributed by atoms with E-state index in [1.807, 2.05) is 12.1 Å². The Balaban J connectivity index is 0.00000180. The van der Waals surface area contributed by atoms with Crippen LogP contribution in [0.25, 0.3) is 0 Å². The molecule has 1 heterocycles. The second-order valence-electron chi connectivity index (χ2n) is 3.54. The van der Waals surface area contributed by atoms with Gasteiger partial charge in [0.25, 0.3) is 5.22 Å². The fourth-order valence-corrected chi connectivity index (χ4v) is 2.34. The van der Waals surface area contributed by atoms with Crippen LogP contribution in [-0.4, -0.2) is 16.7 Å². The smallest absolute Gasteiger partial charge is 0.276 e. The zero-order valence-electron chi connectivity index (χ0n) is 9.81. The quantitative estimate of drug-likeness (QED) is 0.843. The third-order valence-electron chi connectivity index (χ3n) is 2.15. The Morgan fingerprint density at radius 1 is 1.21 bits per heavy atom. The summed E-state index contributed by atoms with van der Waals surface area (Å²) in [6.07, 6.45) is 0.598. The van der Waals surface area contributed by atoms with Crippen molar-refractivity contribution in [3.8, 4) is 0 Å². The van der Waals surface area contributed by atoms with Gasteiger partial charge in [-0.1, -0.05) is 41.0 Å². The molecule has 2 N–H and O–H groups in total. The minimum absolute atomic E-state index is 0. The van der Waals surface area contributed by atoms with Crippen LogP contribution in [-0.2, 0) is 12.2 Å². The van der Waals surface area contributed by atoms with Crippen LogP contribution in [0.15, 0.2) is 27.8 Å². The predicted octanol–water partition coefficient (Wildman–Crippen LogP) is 3.59. The highest BCUT2D eigenvalue weighted by Gasteiger charge is 2.07. The van der Waals surface area contributed by atoms with Crippen molar-refractivity contribution < 1.29 is 4.42 Å². The average Bonchev–Trinajstić information content (AvgIpc) is 2.79. The highest BCUT2D eigenvalue weighted by Crippen LogP contribution is 2.27. The van der Waals surface area contributed by atoms with E-state index in [2.05, 4.69) is 10.2 Å². The lowest BCUT2D eigenvalue weighted by Crippen LogP contribution is -2.02. The molecule has 0 radical (unpaired) electrons. The molecule has 0 aliphatic carbocycles. The lowest BCUT2D eigenvalue weighted by atomic mass is 10.2. The van der Waals surface area contributed by atoms with Crippen molar-refractivity contribution in [3.05, 3.63) is 39.7 Å². The van der Waals surface area contributed by atoms with Gasteiger partial charge in [0.15, 0.2) is 0 Å². The van der Waals surface area contributed by atoms with Crippen LogP contribution in [0.2, 0.25) is 10.0 Å². The molecule has 0 spiro atoms. The van der Waals surface area contributed by atoms with Crippen molar-refractivity contribution in [1.82, 2.24) is 10.2 Å². The van der Waals surface area contributed by atoms with Crippen LogP contribution >= 0.6 is 47.4 Å². The van der Waals surface area contributed by atoms with Crippen molar-refractivity contribution in [3.63, 3.8) is 0 Å². The number of nitrogens with zero attached hydrogens (tertiary/aromatic N) is 2. The van der Waals surface area contributed by atoms with Gasteiger partial charge in [-0.25, -0.2) is 0 Å². The van der Waals surface area contributed by atoms with Crippen molar-refractivity contribution >= 4 is 47.4 Å². The van der Waals surface area contributed by atoms with E-state index >= 15 is 0 Å². The summed E-state index contributed by atoms with van der Waals surface area (Å²) in [6.45, 7) is 0.499. The van der Waals surface area contributed by atoms with Crippen LogP contribution in [0.4, 0.5) is 0 Å². The van der Waals surface area contributed by atoms with Gasteiger partial charge in [0.2, 0.25) is 5.89 Å². The molecule has 1 aromatic carbocycles. The molecule has 4 nitrogen and oxygen atoms in total. The van der Waals surface area contributed by atoms with Gasteiger partial charge in [0.05, 0.1) is 10.0 Å². The monoisotopic (exact) mass is 339 g/mol. The first-order chi connectivity index (χ1) is 8.69. The molecule has 0 saturated carbocycles. The highest BCUT2D eigenvalue weighted by atomic mass is 35.5. The number of halogens is 3. The first kappa shape index (κ1) is 16.6. The van der Waals surface area contributed by atoms with Crippen molar-refractivity contribution in [1.29, 1.82) is 0 Å². The van der Waals surface area contributed by atoms with E-state index in [0.29, 0.717) is 39.9 Å². The summed E-state index contributed by atoms with van der Waals surface area (Å²) < 4.78 is 5.40. The SMILES string of the molecule is Cl.NCCc1nnc(SCc2ccc(Cl)c(Cl)c2)o1. The number of aromatic nitrogens is 2. The Hall–Kier alpha value is -0.460. The molecule has 0 aliphatic heterocycles. The van der Waals surface area contributed by atoms with E-state index < -0.39 is 0 Å². The van der Waals surface area contributed by atoms with Gasteiger partial charge in [-0.2, -0.15) is 0 Å². The van der Waals surface area contributed by atoms with E-state index in [4.69, 9.17) is 33.4 Å². The number of hydrogen-bond acceptors (Lipinski definition) is 5. The largest absolute Gasteiger partial charge is 0.416 e. The van der Waals surface area contributed by atoms with Crippen molar-refractivity contribution in [2.45, 2.75) is 17.4 Å². The lowest BCUT2D eigenvalue weighted by Gasteiger charge is -2.00. The topological polar surface area (TPSA) is 64.9 Å². The van der Waals surface area contributed by atoms with E-state index in [-0.39, 0.29) is 12.4 Å². The molecule has 2 rings (SSSR count). The maximum absolute atomic E-state index is 5.93. The lowest BCUT2D eigenvalue weighted by molar-refractivity contribution is 0.414. The minimum atomic E-state index is 0. The normalized spacial score (nSPS) is 10.3. The summed E-state index contributed by atoms with van der Waals surface area (Å²) >= 11 is 13.2. The summed E-state index contributed by atoms with van der Waals surface area (Å²) in [5.41, 5.74) is 6.45. The van der Waals surface area contributed by atoms with Gasteiger partial charge >= 0.3 is 0 Å². The third kappa shape index (κ3) is 4.85. The summed E-state index contributed by atoms with van der Waals surface area (Å²) in [5.74, 6) is 1.26. The Morgan fingerprint density at radius 2 is 2.00 bits per heavy atom. The molecule has 2 aromatic rings. The average molecular weight is 341 g/mol.